The summed E-state index contributed by atoms with van der Waals surface area (Å²) in [6.07, 6.45) is 1.37. The summed E-state index contributed by atoms with van der Waals surface area (Å²) in [7, 11) is 0. The Morgan fingerprint density at radius 2 is 1.64 bits per heavy atom. The van der Waals surface area contributed by atoms with Crippen molar-refractivity contribution in [3.05, 3.63) is 95.4 Å². The second-order valence-corrected chi connectivity index (χ2v) is 11.3. The van der Waals surface area contributed by atoms with Crippen LogP contribution in [0.2, 0.25) is 0 Å². The SMILES string of the molecule is CC(C)CC1(C)CC(=O)C(C)(C)c2c1c1c(OCc3ccccc3)cccc1n2-c1ccc(F)cc1. The molecule has 0 saturated carbocycles. The summed E-state index contributed by atoms with van der Waals surface area (Å²) >= 11 is 0. The lowest BCUT2D eigenvalue weighted by Crippen LogP contribution is -2.44. The van der Waals surface area contributed by atoms with Crippen molar-refractivity contribution in [2.75, 3.05) is 0 Å². The second-order valence-electron chi connectivity index (χ2n) is 11.3. The van der Waals surface area contributed by atoms with E-state index in [1.807, 2.05) is 44.2 Å². The van der Waals surface area contributed by atoms with Gasteiger partial charge in [-0.05, 0) is 73.7 Å². The minimum absolute atomic E-state index is 0.232. The molecule has 0 saturated heterocycles. The van der Waals surface area contributed by atoms with E-state index in [9.17, 15) is 9.18 Å². The number of rotatable bonds is 6. The third-order valence-electron chi connectivity index (χ3n) is 7.58. The molecule has 0 radical (unpaired) electrons. The first-order valence-electron chi connectivity index (χ1n) is 12.8. The van der Waals surface area contributed by atoms with Gasteiger partial charge in [-0.25, -0.2) is 4.39 Å². The Balaban J connectivity index is 1.83. The van der Waals surface area contributed by atoms with Crippen molar-refractivity contribution in [2.45, 2.75) is 64.9 Å². The van der Waals surface area contributed by atoms with Crippen molar-refractivity contribution in [3.8, 4) is 11.4 Å². The van der Waals surface area contributed by atoms with Gasteiger partial charge in [0.25, 0.3) is 0 Å². The van der Waals surface area contributed by atoms with Gasteiger partial charge in [0, 0.05) is 28.6 Å². The summed E-state index contributed by atoms with van der Waals surface area (Å²) in [5.41, 5.74) is 4.05. The summed E-state index contributed by atoms with van der Waals surface area (Å²) < 4.78 is 22.5. The molecule has 4 heteroatoms. The van der Waals surface area contributed by atoms with E-state index in [2.05, 4.69) is 43.5 Å². The molecule has 186 valence electrons. The zero-order valence-corrected chi connectivity index (χ0v) is 21.8. The molecule has 1 atom stereocenters. The van der Waals surface area contributed by atoms with Crippen molar-refractivity contribution in [3.63, 3.8) is 0 Å². The lowest BCUT2D eigenvalue weighted by atomic mass is 9.61. The number of hydrogen-bond acceptors (Lipinski definition) is 2. The highest BCUT2D eigenvalue weighted by atomic mass is 19.1. The molecule has 0 spiro atoms. The fraction of sp³-hybridized carbons (Fsp3) is 0.344. The summed E-state index contributed by atoms with van der Waals surface area (Å²) in [6, 6.07) is 22.8. The molecule has 0 bridgehead atoms. The normalized spacial score (nSPS) is 19.0. The molecule has 5 rings (SSSR count). The number of benzene rings is 3. The fourth-order valence-electron chi connectivity index (χ4n) is 6.07. The zero-order chi connectivity index (χ0) is 25.7. The molecular weight excluding hydrogens is 449 g/mol. The van der Waals surface area contributed by atoms with Gasteiger partial charge in [-0.2, -0.15) is 0 Å². The molecule has 3 aromatic carbocycles. The molecule has 0 amide bonds. The topological polar surface area (TPSA) is 31.2 Å². The highest BCUT2D eigenvalue weighted by molar-refractivity contribution is 6.01. The number of aromatic nitrogens is 1. The predicted octanol–water partition coefficient (Wildman–Crippen LogP) is 7.90. The molecule has 0 aliphatic heterocycles. The van der Waals surface area contributed by atoms with Crippen LogP contribution in [-0.2, 0) is 22.2 Å². The quantitative estimate of drug-likeness (QED) is 0.279. The Bertz CT molecular complexity index is 1420. The molecule has 0 N–H and O–H groups in total. The average molecular weight is 484 g/mol. The van der Waals surface area contributed by atoms with Gasteiger partial charge in [0.2, 0.25) is 0 Å². The van der Waals surface area contributed by atoms with Crippen LogP contribution < -0.4 is 4.74 Å². The van der Waals surface area contributed by atoms with E-state index in [0.717, 1.165) is 40.0 Å². The van der Waals surface area contributed by atoms with Gasteiger partial charge in [-0.3, -0.25) is 4.79 Å². The van der Waals surface area contributed by atoms with Crippen molar-refractivity contribution in [1.29, 1.82) is 0 Å². The van der Waals surface area contributed by atoms with Crippen molar-refractivity contribution in [1.82, 2.24) is 4.57 Å². The van der Waals surface area contributed by atoms with Crippen molar-refractivity contribution in [2.24, 2.45) is 5.92 Å². The van der Waals surface area contributed by atoms with Crippen LogP contribution >= 0.6 is 0 Å². The van der Waals surface area contributed by atoms with Crippen molar-refractivity contribution < 1.29 is 13.9 Å². The third-order valence-corrected chi connectivity index (χ3v) is 7.58. The maximum Gasteiger partial charge on any atom is 0.145 e. The third kappa shape index (κ3) is 4.03. The van der Waals surface area contributed by atoms with E-state index in [-0.39, 0.29) is 17.0 Å². The van der Waals surface area contributed by atoms with E-state index in [1.54, 1.807) is 12.1 Å². The molecule has 1 aliphatic carbocycles. The highest BCUT2D eigenvalue weighted by Crippen LogP contribution is 2.53. The molecule has 1 aliphatic rings. The molecule has 1 unspecified atom stereocenters. The Labute approximate surface area is 212 Å². The molecule has 4 aromatic rings. The van der Waals surface area contributed by atoms with Crippen LogP contribution in [0.25, 0.3) is 16.6 Å². The smallest absolute Gasteiger partial charge is 0.145 e. The number of halogens is 1. The molecule has 1 aromatic heterocycles. The van der Waals surface area contributed by atoms with Gasteiger partial charge in [0.15, 0.2) is 0 Å². The Kier molecular flexibility index (Phi) is 6.02. The minimum Gasteiger partial charge on any atom is -0.488 e. The van der Waals surface area contributed by atoms with Gasteiger partial charge >= 0.3 is 0 Å². The molecule has 3 nitrogen and oxygen atoms in total. The standard InChI is InChI=1S/C32H34FNO2/c1-21(2)18-32(5)19-27(35)31(3,4)30-29(32)28-25(34(30)24-16-14-23(33)15-17-24)12-9-13-26(28)36-20-22-10-7-6-8-11-22/h6-17,21H,18-20H2,1-5H3. The van der Waals surface area contributed by atoms with E-state index in [4.69, 9.17) is 4.74 Å². The first-order chi connectivity index (χ1) is 17.1. The number of Topliss-reactive ketones (excluding diaryl/α,β-unsaturated/α-hetero) is 1. The Morgan fingerprint density at radius 1 is 0.944 bits per heavy atom. The van der Waals surface area contributed by atoms with Crippen LogP contribution in [0.1, 0.15) is 64.3 Å². The van der Waals surface area contributed by atoms with Crippen LogP contribution in [0, 0.1) is 11.7 Å². The van der Waals surface area contributed by atoms with Crippen LogP contribution in [0.5, 0.6) is 5.75 Å². The monoisotopic (exact) mass is 483 g/mol. The maximum atomic E-state index is 13.9. The summed E-state index contributed by atoms with van der Waals surface area (Å²) in [6.45, 7) is 11.1. The van der Waals surface area contributed by atoms with E-state index < -0.39 is 5.41 Å². The molecular formula is C32H34FNO2. The lowest BCUT2D eigenvalue weighted by molar-refractivity contribution is -0.126. The summed E-state index contributed by atoms with van der Waals surface area (Å²) in [4.78, 5) is 13.7. The van der Waals surface area contributed by atoms with Crippen LogP contribution in [-0.4, -0.2) is 10.4 Å². The van der Waals surface area contributed by atoms with Crippen LogP contribution in [0.3, 0.4) is 0 Å². The number of carbonyl (C=O) groups excluding carboxylic acids is 1. The summed E-state index contributed by atoms with van der Waals surface area (Å²) in [5, 5.41) is 1.05. The van der Waals surface area contributed by atoms with E-state index >= 15 is 0 Å². The predicted molar refractivity (Wildman–Crippen MR) is 143 cm³/mol. The number of ether oxygens (including phenoxy) is 1. The number of nitrogens with zero attached hydrogens (tertiary/aromatic N) is 1. The van der Waals surface area contributed by atoms with Gasteiger partial charge in [0.1, 0.15) is 24.0 Å². The Hall–Kier alpha value is -3.40. The lowest BCUT2D eigenvalue weighted by Gasteiger charge is -2.42. The van der Waals surface area contributed by atoms with Gasteiger partial charge < -0.3 is 9.30 Å². The van der Waals surface area contributed by atoms with Gasteiger partial charge in [-0.1, -0.05) is 57.2 Å². The number of carbonyl (C=O) groups is 1. The first-order valence-corrected chi connectivity index (χ1v) is 12.8. The molecule has 0 fully saturated rings. The molecule has 36 heavy (non-hydrogen) atoms. The minimum atomic E-state index is -0.698. The summed E-state index contributed by atoms with van der Waals surface area (Å²) in [5.74, 6) is 1.18. The average Bonchev–Trinajstić information content (AvgIpc) is 3.20. The highest BCUT2D eigenvalue weighted by Gasteiger charge is 2.50. The largest absolute Gasteiger partial charge is 0.488 e. The second kappa shape index (κ2) is 8.92. The number of ketones is 1. The van der Waals surface area contributed by atoms with E-state index in [0.29, 0.717) is 18.9 Å². The van der Waals surface area contributed by atoms with E-state index in [1.165, 1.54) is 17.7 Å². The van der Waals surface area contributed by atoms with Crippen LogP contribution in [0.15, 0.2) is 72.8 Å². The van der Waals surface area contributed by atoms with Crippen molar-refractivity contribution >= 4 is 16.7 Å². The maximum absolute atomic E-state index is 13.9. The Morgan fingerprint density at radius 3 is 2.31 bits per heavy atom. The number of hydrogen-bond donors (Lipinski definition) is 0. The number of fused-ring (bicyclic) bond motifs is 3. The van der Waals surface area contributed by atoms with Crippen LogP contribution in [0.4, 0.5) is 4.39 Å². The van der Waals surface area contributed by atoms with Gasteiger partial charge in [-0.15, -0.1) is 0 Å². The first kappa shape index (κ1) is 24.3. The zero-order valence-electron chi connectivity index (χ0n) is 21.8. The fourth-order valence-corrected chi connectivity index (χ4v) is 6.07. The molecule has 1 heterocycles. The van der Waals surface area contributed by atoms with Gasteiger partial charge in [0.05, 0.1) is 10.9 Å².